The SMILES string of the molecule is CCCCOC(=O)C(C)N1C(=O)C(C(C)C)Oc2ccc(C(C)=O)cc21. The van der Waals surface area contributed by atoms with E-state index in [2.05, 4.69) is 0 Å². The van der Waals surface area contributed by atoms with E-state index >= 15 is 0 Å². The first kappa shape index (κ1) is 19.9. The van der Waals surface area contributed by atoms with Gasteiger partial charge in [-0.25, -0.2) is 4.79 Å². The van der Waals surface area contributed by atoms with Gasteiger partial charge in [0.25, 0.3) is 5.91 Å². The Morgan fingerprint density at radius 3 is 2.54 bits per heavy atom. The normalized spacial score (nSPS) is 17.5. The van der Waals surface area contributed by atoms with Crippen molar-refractivity contribution in [1.82, 2.24) is 0 Å². The van der Waals surface area contributed by atoms with E-state index in [0.29, 0.717) is 23.6 Å². The molecule has 2 rings (SSSR count). The van der Waals surface area contributed by atoms with Crippen LogP contribution < -0.4 is 9.64 Å². The van der Waals surface area contributed by atoms with Crippen molar-refractivity contribution < 1.29 is 23.9 Å². The maximum Gasteiger partial charge on any atom is 0.328 e. The van der Waals surface area contributed by atoms with Crippen molar-refractivity contribution >= 4 is 23.3 Å². The zero-order chi connectivity index (χ0) is 19.4. The molecule has 1 aliphatic heterocycles. The third kappa shape index (κ3) is 4.06. The molecule has 6 nitrogen and oxygen atoms in total. The Bertz CT molecular complexity index is 697. The molecule has 0 saturated carbocycles. The minimum atomic E-state index is -0.800. The van der Waals surface area contributed by atoms with Crippen LogP contribution in [0.1, 0.15) is 57.8 Å². The number of ketones is 1. The van der Waals surface area contributed by atoms with Gasteiger partial charge in [0.15, 0.2) is 11.9 Å². The van der Waals surface area contributed by atoms with Gasteiger partial charge in [-0.3, -0.25) is 14.5 Å². The predicted molar refractivity (Wildman–Crippen MR) is 98.5 cm³/mol. The first-order valence-corrected chi connectivity index (χ1v) is 9.09. The van der Waals surface area contributed by atoms with Gasteiger partial charge in [-0.15, -0.1) is 0 Å². The van der Waals surface area contributed by atoms with Gasteiger partial charge in [-0.05, 0) is 44.4 Å². The Labute approximate surface area is 154 Å². The molecule has 6 heteroatoms. The molecule has 0 fully saturated rings. The molecule has 1 heterocycles. The summed E-state index contributed by atoms with van der Waals surface area (Å²) in [6.45, 7) is 9.21. The Morgan fingerprint density at radius 1 is 1.27 bits per heavy atom. The summed E-state index contributed by atoms with van der Waals surface area (Å²) in [6, 6.07) is 4.14. The molecular formula is C20H27NO5. The highest BCUT2D eigenvalue weighted by Crippen LogP contribution is 2.38. The molecule has 0 aliphatic carbocycles. The highest BCUT2D eigenvalue weighted by Gasteiger charge is 2.41. The second-order valence-corrected chi connectivity index (χ2v) is 6.93. The number of amides is 1. The van der Waals surface area contributed by atoms with Crippen molar-refractivity contribution in [3.63, 3.8) is 0 Å². The van der Waals surface area contributed by atoms with Crippen LogP contribution in [0.25, 0.3) is 0 Å². The molecule has 0 aromatic heterocycles. The van der Waals surface area contributed by atoms with Crippen LogP contribution in [0.4, 0.5) is 5.69 Å². The second kappa shape index (κ2) is 8.34. The lowest BCUT2D eigenvalue weighted by molar-refractivity contribution is -0.147. The number of Topliss-reactive ketones (excluding diaryl/α,β-unsaturated/α-hetero) is 1. The summed E-state index contributed by atoms with van der Waals surface area (Å²) in [7, 11) is 0. The average Bonchev–Trinajstić information content (AvgIpc) is 2.60. The second-order valence-electron chi connectivity index (χ2n) is 6.93. The number of ether oxygens (including phenoxy) is 2. The molecule has 142 valence electrons. The summed E-state index contributed by atoms with van der Waals surface area (Å²) in [4.78, 5) is 38.6. The molecule has 0 saturated heterocycles. The zero-order valence-electron chi connectivity index (χ0n) is 16.1. The number of esters is 1. The molecule has 1 aromatic carbocycles. The number of carbonyl (C=O) groups excluding carboxylic acids is 3. The zero-order valence-corrected chi connectivity index (χ0v) is 16.1. The van der Waals surface area contributed by atoms with Gasteiger partial charge in [0.1, 0.15) is 11.8 Å². The van der Waals surface area contributed by atoms with E-state index < -0.39 is 18.1 Å². The summed E-state index contributed by atoms with van der Waals surface area (Å²) in [5.41, 5.74) is 0.888. The highest BCUT2D eigenvalue weighted by atomic mass is 16.5. The van der Waals surface area contributed by atoms with Crippen molar-refractivity contribution in [1.29, 1.82) is 0 Å². The molecule has 1 aliphatic rings. The Hall–Kier alpha value is -2.37. The molecule has 0 radical (unpaired) electrons. The molecule has 1 amide bonds. The van der Waals surface area contributed by atoms with Gasteiger partial charge in [0.2, 0.25) is 0 Å². The summed E-state index contributed by atoms with van der Waals surface area (Å²) in [5, 5.41) is 0. The molecule has 1 aromatic rings. The van der Waals surface area contributed by atoms with E-state index in [4.69, 9.17) is 9.47 Å². The number of hydrogen-bond donors (Lipinski definition) is 0. The van der Waals surface area contributed by atoms with Crippen LogP contribution in [0.3, 0.4) is 0 Å². The fourth-order valence-electron chi connectivity index (χ4n) is 2.83. The fraction of sp³-hybridized carbons (Fsp3) is 0.550. The van der Waals surface area contributed by atoms with Crippen molar-refractivity contribution in [2.45, 2.75) is 59.6 Å². The Balaban J connectivity index is 2.41. The molecule has 0 spiro atoms. The van der Waals surface area contributed by atoms with Gasteiger partial charge >= 0.3 is 5.97 Å². The van der Waals surface area contributed by atoms with Crippen LogP contribution >= 0.6 is 0 Å². The number of anilines is 1. The van der Waals surface area contributed by atoms with Crippen LogP contribution in [0.5, 0.6) is 5.75 Å². The lowest BCUT2D eigenvalue weighted by Gasteiger charge is -2.38. The summed E-state index contributed by atoms with van der Waals surface area (Å²) in [6.07, 6.45) is 1.00. The largest absolute Gasteiger partial charge is 0.478 e. The third-order valence-corrected chi connectivity index (χ3v) is 4.44. The Kier molecular flexibility index (Phi) is 6.40. The number of fused-ring (bicyclic) bond motifs is 1. The standard InChI is InChI=1S/C20H27NO5/c1-6-7-10-25-20(24)13(4)21-16-11-15(14(5)22)8-9-17(16)26-18(12(2)3)19(21)23/h8-9,11-13,18H,6-7,10H2,1-5H3. The number of nitrogens with zero attached hydrogens (tertiary/aromatic N) is 1. The number of benzene rings is 1. The number of hydrogen-bond acceptors (Lipinski definition) is 5. The number of rotatable bonds is 7. The van der Waals surface area contributed by atoms with E-state index in [9.17, 15) is 14.4 Å². The van der Waals surface area contributed by atoms with Crippen molar-refractivity contribution in [2.24, 2.45) is 5.92 Å². The molecule has 0 bridgehead atoms. The van der Waals surface area contributed by atoms with Crippen molar-refractivity contribution in [3.8, 4) is 5.75 Å². The third-order valence-electron chi connectivity index (χ3n) is 4.44. The Morgan fingerprint density at radius 2 is 1.96 bits per heavy atom. The maximum atomic E-state index is 13.0. The predicted octanol–water partition coefficient (Wildman–Crippen LogP) is 3.37. The van der Waals surface area contributed by atoms with Crippen LogP contribution in [0, 0.1) is 5.92 Å². The minimum absolute atomic E-state index is 0.0612. The summed E-state index contributed by atoms with van der Waals surface area (Å²) < 4.78 is 11.1. The van der Waals surface area contributed by atoms with E-state index in [1.165, 1.54) is 11.8 Å². The lowest BCUT2D eigenvalue weighted by atomic mass is 10.0. The minimum Gasteiger partial charge on any atom is -0.478 e. The molecular weight excluding hydrogens is 334 g/mol. The van der Waals surface area contributed by atoms with Crippen LogP contribution in [0.15, 0.2) is 18.2 Å². The average molecular weight is 361 g/mol. The highest BCUT2D eigenvalue weighted by molar-refractivity contribution is 6.06. The topological polar surface area (TPSA) is 72.9 Å². The first-order chi connectivity index (χ1) is 12.3. The molecule has 26 heavy (non-hydrogen) atoms. The summed E-state index contributed by atoms with van der Waals surface area (Å²) in [5.74, 6) is -0.455. The summed E-state index contributed by atoms with van der Waals surface area (Å²) >= 11 is 0. The van der Waals surface area contributed by atoms with E-state index in [1.807, 2.05) is 20.8 Å². The van der Waals surface area contributed by atoms with Crippen LogP contribution in [-0.2, 0) is 14.3 Å². The van der Waals surface area contributed by atoms with Crippen LogP contribution in [-0.4, -0.2) is 36.4 Å². The van der Waals surface area contributed by atoms with Gasteiger partial charge in [-0.1, -0.05) is 27.2 Å². The van der Waals surface area contributed by atoms with E-state index in [1.54, 1.807) is 25.1 Å². The van der Waals surface area contributed by atoms with Crippen molar-refractivity contribution in [2.75, 3.05) is 11.5 Å². The quantitative estimate of drug-likeness (QED) is 0.423. The van der Waals surface area contributed by atoms with E-state index in [-0.39, 0.29) is 17.6 Å². The van der Waals surface area contributed by atoms with Gasteiger partial charge < -0.3 is 9.47 Å². The molecule has 0 N–H and O–H groups in total. The van der Waals surface area contributed by atoms with Crippen molar-refractivity contribution in [3.05, 3.63) is 23.8 Å². The van der Waals surface area contributed by atoms with Gasteiger partial charge in [0, 0.05) is 5.56 Å². The molecule has 2 atom stereocenters. The van der Waals surface area contributed by atoms with Gasteiger partial charge in [0.05, 0.1) is 12.3 Å². The van der Waals surface area contributed by atoms with Crippen LogP contribution in [0.2, 0.25) is 0 Å². The number of carbonyl (C=O) groups is 3. The fourth-order valence-corrected chi connectivity index (χ4v) is 2.83. The first-order valence-electron chi connectivity index (χ1n) is 9.09. The van der Waals surface area contributed by atoms with E-state index in [0.717, 1.165) is 12.8 Å². The molecule has 2 unspecified atom stereocenters. The maximum absolute atomic E-state index is 13.0. The monoisotopic (exact) mass is 361 g/mol. The smallest absolute Gasteiger partial charge is 0.328 e. The lowest BCUT2D eigenvalue weighted by Crippen LogP contribution is -2.54. The number of unbranched alkanes of at least 4 members (excludes halogenated alkanes) is 1. The van der Waals surface area contributed by atoms with Gasteiger partial charge in [-0.2, -0.15) is 0 Å².